The van der Waals surface area contributed by atoms with Gasteiger partial charge in [-0.1, -0.05) is 38.8 Å². The lowest BCUT2D eigenvalue weighted by Gasteiger charge is -2.45. The number of carbonyl (C=O) groups is 1. The minimum absolute atomic E-state index is 0.576. The molecule has 0 bridgehead atoms. The van der Waals surface area contributed by atoms with E-state index in [1.807, 2.05) is 0 Å². The van der Waals surface area contributed by atoms with Gasteiger partial charge in [0.1, 0.15) is 6.29 Å². The fourth-order valence-corrected chi connectivity index (χ4v) is 4.34. The van der Waals surface area contributed by atoms with Gasteiger partial charge in [0.2, 0.25) is 0 Å². The van der Waals surface area contributed by atoms with Crippen LogP contribution in [0.15, 0.2) is 11.1 Å². The third-order valence-electron chi connectivity index (χ3n) is 5.50. The maximum Gasteiger partial charge on any atom is 0.120 e. The summed E-state index contributed by atoms with van der Waals surface area (Å²) in [4.78, 5) is 10.9. The van der Waals surface area contributed by atoms with Gasteiger partial charge in [-0.05, 0) is 48.9 Å². The van der Waals surface area contributed by atoms with Crippen LogP contribution in [0.3, 0.4) is 0 Å². The molecule has 0 aromatic heterocycles. The van der Waals surface area contributed by atoms with Crippen LogP contribution in [0.2, 0.25) is 0 Å². The maximum atomic E-state index is 10.9. The molecule has 0 saturated heterocycles. The van der Waals surface area contributed by atoms with Crippen molar-refractivity contribution >= 4 is 6.29 Å². The van der Waals surface area contributed by atoms with Crippen LogP contribution in [0.5, 0.6) is 0 Å². The summed E-state index contributed by atoms with van der Waals surface area (Å²) in [5, 5.41) is 0. The van der Waals surface area contributed by atoms with E-state index in [1.54, 1.807) is 11.1 Å². The highest BCUT2D eigenvalue weighted by Gasteiger charge is 2.39. The van der Waals surface area contributed by atoms with Crippen LogP contribution in [-0.2, 0) is 4.79 Å². The Hall–Kier alpha value is -0.590. The number of hydrogen-bond donors (Lipinski definition) is 0. The van der Waals surface area contributed by atoms with Gasteiger partial charge < -0.3 is 4.79 Å². The van der Waals surface area contributed by atoms with Crippen LogP contribution in [0, 0.1) is 29.6 Å². The molecule has 0 spiro atoms. The third kappa shape index (κ3) is 2.09. The summed E-state index contributed by atoms with van der Waals surface area (Å²) in [7, 11) is 0. The Bertz CT molecular complexity index is 328. The minimum Gasteiger partial charge on any atom is -0.303 e. The van der Waals surface area contributed by atoms with E-state index in [0.29, 0.717) is 23.7 Å². The van der Waals surface area contributed by atoms with Crippen molar-refractivity contribution < 1.29 is 4.79 Å². The summed E-state index contributed by atoms with van der Waals surface area (Å²) >= 11 is 0. The van der Waals surface area contributed by atoms with Crippen molar-refractivity contribution in [2.24, 2.45) is 29.6 Å². The first-order valence-corrected chi connectivity index (χ1v) is 7.24. The van der Waals surface area contributed by atoms with Gasteiger partial charge in [0.15, 0.2) is 0 Å². The summed E-state index contributed by atoms with van der Waals surface area (Å²) in [6.07, 6.45) is 5.87. The largest absolute Gasteiger partial charge is 0.303 e. The number of hydrogen-bond acceptors (Lipinski definition) is 1. The van der Waals surface area contributed by atoms with Crippen molar-refractivity contribution in [1.29, 1.82) is 0 Å². The van der Waals surface area contributed by atoms with Crippen LogP contribution in [0.1, 0.15) is 53.4 Å². The third-order valence-corrected chi connectivity index (χ3v) is 5.50. The molecule has 2 aliphatic carbocycles. The van der Waals surface area contributed by atoms with E-state index in [2.05, 4.69) is 27.7 Å². The molecule has 0 N–H and O–H groups in total. The Labute approximate surface area is 106 Å². The summed E-state index contributed by atoms with van der Waals surface area (Å²) < 4.78 is 0. The van der Waals surface area contributed by atoms with Gasteiger partial charge in [-0.15, -0.1) is 0 Å². The van der Waals surface area contributed by atoms with E-state index in [0.717, 1.165) is 18.6 Å². The van der Waals surface area contributed by atoms with E-state index in [4.69, 9.17) is 0 Å². The van der Waals surface area contributed by atoms with Crippen LogP contribution in [0.25, 0.3) is 0 Å². The molecule has 2 aliphatic rings. The van der Waals surface area contributed by atoms with Gasteiger partial charge in [-0.25, -0.2) is 0 Å². The van der Waals surface area contributed by atoms with E-state index in [9.17, 15) is 4.79 Å². The first-order chi connectivity index (χ1) is 8.07. The molecule has 0 aromatic carbocycles. The summed E-state index contributed by atoms with van der Waals surface area (Å²) in [6, 6.07) is 0. The predicted molar refractivity (Wildman–Crippen MR) is 71.7 cm³/mol. The summed E-state index contributed by atoms with van der Waals surface area (Å²) in [5.41, 5.74) is 3.46. The van der Waals surface area contributed by atoms with Crippen LogP contribution in [-0.4, -0.2) is 6.29 Å². The van der Waals surface area contributed by atoms with E-state index in [-0.39, 0.29) is 0 Å². The minimum atomic E-state index is 0.576. The first-order valence-electron chi connectivity index (χ1n) is 7.24. The van der Waals surface area contributed by atoms with Crippen LogP contribution >= 0.6 is 0 Å². The van der Waals surface area contributed by atoms with Gasteiger partial charge >= 0.3 is 0 Å². The van der Waals surface area contributed by atoms with Crippen molar-refractivity contribution in [1.82, 2.24) is 0 Å². The molecule has 0 radical (unpaired) electrons. The van der Waals surface area contributed by atoms with Crippen molar-refractivity contribution in [3.8, 4) is 0 Å². The molecule has 5 unspecified atom stereocenters. The highest BCUT2D eigenvalue weighted by molar-refractivity contribution is 5.50. The Kier molecular flexibility index (Phi) is 3.75. The molecule has 0 aromatic rings. The molecule has 0 fully saturated rings. The second-order valence-electron chi connectivity index (χ2n) is 6.28. The molecular weight excluding hydrogens is 208 g/mol. The molecule has 17 heavy (non-hydrogen) atoms. The van der Waals surface area contributed by atoms with Gasteiger partial charge in [0.05, 0.1) is 0 Å². The second kappa shape index (κ2) is 4.96. The van der Waals surface area contributed by atoms with Crippen molar-refractivity contribution in [3.63, 3.8) is 0 Å². The summed E-state index contributed by atoms with van der Waals surface area (Å²) in [6.45, 7) is 9.47. The fourth-order valence-electron chi connectivity index (χ4n) is 4.34. The highest BCUT2D eigenvalue weighted by Crippen LogP contribution is 2.50. The maximum absolute atomic E-state index is 10.9. The normalized spacial score (nSPS) is 42.2. The number of allylic oxidation sites excluding steroid dienone is 2. The molecule has 0 saturated carbocycles. The Morgan fingerprint density at radius 1 is 1.18 bits per heavy atom. The van der Waals surface area contributed by atoms with Gasteiger partial charge in [0.25, 0.3) is 0 Å². The van der Waals surface area contributed by atoms with Crippen molar-refractivity contribution in [3.05, 3.63) is 11.1 Å². The average molecular weight is 234 g/mol. The molecule has 96 valence electrons. The predicted octanol–water partition coefficient (Wildman–Crippen LogP) is 4.23. The Morgan fingerprint density at radius 3 is 2.53 bits per heavy atom. The lowest BCUT2D eigenvalue weighted by molar-refractivity contribution is -0.109. The second-order valence-corrected chi connectivity index (χ2v) is 6.28. The molecule has 1 nitrogen and oxygen atoms in total. The Morgan fingerprint density at radius 2 is 1.88 bits per heavy atom. The van der Waals surface area contributed by atoms with Crippen molar-refractivity contribution in [2.75, 3.05) is 0 Å². The SMILES string of the molecule is CC1CCCC2=C1C(C)C(C)C(CC=O)C2C. The van der Waals surface area contributed by atoms with E-state index >= 15 is 0 Å². The molecule has 0 heterocycles. The van der Waals surface area contributed by atoms with Crippen LogP contribution in [0.4, 0.5) is 0 Å². The molecule has 0 amide bonds. The van der Waals surface area contributed by atoms with E-state index in [1.165, 1.54) is 19.3 Å². The van der Waals surface area contributed by atoms with Crippen molar-refractivity contribution in [2.45, 2.75) is 53.4 Å². The van der Waals surface area contributed by atoms with Gasteiger partial charge in [0, 0.05) is 6.42 Å². The highest BCUT2D eigenvalue weighted by atomic mass is 16.1. The molecule has 2 rings (SSSR count). The lowest BCUT2D eigenvalue weighted by atomic mass is 9.59. The number of rotatable bonds is 2. The van der Waals surface area contributed by atoms with E-state index < -0.39 is 0 Å². The van der Waals surface area contributed by atoms with Gasteiger partial charge in [-0.2, -0.15) is 0 Å². The number of carbonyl (C=O) groups excluding carboxylic acids is 1. The molecule has 5 atom stereocenters. The fraction of sp³-hybridized carbons (Fsp3) is 0.812. The molecule has 1 heteroatoms. The number of aldehydes is 1. The zero-order valence-corrected chi connectivity index (χ0v) is 11.7. The van der Waals surface area contributed by atoms with Gasteiger partial charge in [-0.3, -0.25) is 0 Å². The molecule has 0 aliphatic heterocycles. The Balaban J connectivity index is 2.36. The smallest absolute Gasteiger partial charge is 0.120 e. The topological polar surface area (TPSA) is 17.1 Å². The average Bonchev–Trinajstić information content (AvgIpc) is 2.31. The summed E-state index contributed by atoms with van der Waals surface area (Å²) in [5.74, 6) is 3.32. The first kappa shape index (κ1) is 12.9. The standard InChI is InChI=1S/C16H26O/c1-10-6-5-7-15-13(4)14(8-9-17)11(2)12(3)16(10)15/h9-14H,5-8H2,1-4H3. The van der Waals surface area contributed by atoms with Crippen LogP contribution < -0.4 is 0 Å². The zero-order chi connectivity index (χ0) is 12.6. The molecular formula is C16H26O. The quantitative estimate of drug-likeness (QED) is 0.516. The monoisotopic (exact) mass is 234 g/mol. The lowest BCUT2D eigenvalue weighted by Crippen LogP contribution is -2.36. The zero-order valence-electron chi connectivity index (χ0n) is 11.7.